The number of likely N-dealkylation sites (tertiary alicyclic amines) is 4. The predicted octanol–water partition coefficient (Wildman–Crippen LogP) is 15.8. The van der Waals surface area contributed by atoms with E-state index in [1.807, 2.05) is 183 Å². The number of benzene rings is 9. The number of amides is 5. The molecule has 24 heteroatoms. The van der Waals surface area contributed by atoms with Crippen LogP contribution in [0.15, 0.2) is 188 Å². The molecule has 5 atom stereocenters. The number of esters is 2. The first-order chi connectivity index (χ1) is 61.2. The van der Waals surface area contributed by atoms with Gasteiger partial charge in [0.15, 0.2) is 17.3 Å². The van der Waals surface area contributed by atoms with Gasteiger partial charge in [0.05, 0.1) is 52.4 Å². The van der Waals surface area contributed by atoms with Gasteiger partial charge in [-0.3, -0.25) is 38.4 Å². The number of nitrogens with one attached hydrogen (secondary N) is 1. The fraction of sp³-hybridized carbons (Fsp3) is 0.379. The summed E-state index contributed by atoms with van der Waals surface area (Å²) in [5.41, 5.74) is 16.9. The minimum Gasteiger partial charge on any atom is -0.465 e. The Kier molecular flexibility index (Phi) is 28.0. The highest BCUT2D eigenvalue weighted by Gasteiger charge is 2.53. The molecule has 9 aromatic rings. The molecule has 660 valence electrons. The van der Waals surface area contributed by atoms with Gasteiger partial charge < -0.3 is 49.7 Å². The van der Waals surface area contributed by atoms with Crippen LogP contribution in [-0.2, 0) is 124 Å². The lowest BCUT2D eigenvalue weighted by atomic mass is 9.70. The van der Waals surface area contributed by atoms with Crippen molar-refractivity contribution in [3.63, 3.8) is 0 Å². The van der Waals surface area contributed by atoms with Crippen molar-refractivity contribution in [2.45, 2.75) is 155 Å². The zero-order valence-electron chi connectivity index (χ0n) is 71.6. The molecule has 5 unspecified atom stereocenters. The smallest absolute Gasteiger partial charge is 0.337 e. The van der Waals surface area contributed by atoms with Crippen LogP contribution in [0.2, 0.25) is 20.1 Å². The van der Waals surface area contributed by atoms with E-state index in [0.717, 1.165) is 186 Å². The number of aryl methyl sites for hydroxylation is 5. The van der Waals surface area contributed by atoms with E-state index in [-0.39, 0.29) is 85.9 Å². The van der Waals surface area contributed by atoms with Crippen molar-refractivity contribution < 1.29 is 72.7 Å². The van der Waals surface area contributed by atoms with Crippen molar-refractivity contribution in [3.8, 4) is 0 Å². The van der Waals surface area contributed by atoms with Crippen LogP contribution >= 0.6 is 46.4 Å². The molecule has 20 nitrogen and oxygen atoms in total. The predicted molar refractivity (Wildman–Crippen MR) is 485 cm³/mol. The summed E-state index contributed by atoms with van der Waals surface area (Å²) in [5.74, 6) is -0.462. The molecule has 5 spiro atoms. The second-order valence-electron chi connectivity index (χ2n) is 35.8. The van der Waals surface area contributed by atoms with Gasteiger partial charge in [0, 0.05) is 95.7 Å². The Morgan fingerprint density at radius 3 is 0.764 bits per heavy atom. The van der Waals surface area contributed by atoms with Crippen molar-refractivity contribution in [1.82, 2.24) is 24.9 Å². The summed E-state index contributed by atoms with van der Waals surface area (Å²) in [6.07, 6.45) is 16.4. The topological polar surface area (TPSA) is 275 Å². The number of Topliss-reactive ketones (excluding diaryl/α,β-unsaturated/α-hetero) is 3. The molecule has 10 aliphatic rings. The third-order valence-corrected chi connectivity index (χ3v) is 29.2. The van der Waals surface area contributed by atoms with Gasteiger partial charge in [-0.15, -0.1) is 0 Å². The molecular formula is C103H105Cl4N5O15. The van der Waals surface area contributed by atoms with Crippen LogP contribution in [0.5, 0.6) is 0 Å². The number of hydrogen-bond donors (Lipinski definition) is 4. The lowest BCUT2D eigenvalue weighted by Crippen LogP contribution is -2.38. The lowest BCUT2D eigenvalue weighted by molar-refractivity contribution is -0.137. The van der Waals surface area contributed by atoms with E-state index in [1.165, 1.54) is 42.0 Å². The van der Waals surface area contributed by atoms with Gasteiger partial charge in [-0.2, -0.15) is 0 Å². The minimum absolute atomic E-state index is 0.168. The van der Waals surface area contributed by atoms with Crippen molar-refractivity contribution in [2.24, 2.45) is 27.1 Å². The zero-order valence-corrected chi connectivity index (χ0v) is 74.6. The van der Waals surface area contributed by atoms with Gasteiger partial charge in [-0.1, -0.05) is 143 Å². The quantitative estimate of drug-likeness (QED) is 0.0517. The number of aliphatic hydroxyl groups is 3. The average molecular weight is 1790 g/mol. The maximum Gasteiger partial charge on any atom is 0.337 e. The highest BCUT2D eigenvalue weighted by Crippen LogP contribution is 2.50. The summed E-state index contributed by atoms with van der Waals surface area (Å²) in [6.45, 7) is 4.78. The Hall–Kier alpha value is -10.7. The van der Waals surface area contributed by atoms with E-state index in [4.69, 9.17) is 71.2 Å². The number of aliphatic hydroxyl groups excluding tert-OH is 3. The first-order valence-corrected chi connectivity index (χ1v) is 45.3. The van der Waals surface area contributed by atoms with Gasteiger partial charge in [-0.05, 0) is 297 Å². The first kappa shape index (κ1) is 91.1. The Labute approximate surface area is 760 Å². The Morgan fingerprint density at radius 1 is 0.307 bits per heavy atom. The van der Waals surface area contributed by atoms with E-state index in [0.29, 0.717) is 99.8 Å². The third-order valence-electron chi connectivity index (χ3n) is 28.2. The molecular weight excluding hydrogens is 1690 g/mol. The van der Waals surface area contributed by atoms with Crippen LogP contribution in [0, 0.1) is 27.1 Å². The molecule has 5 aliphatic heterocycles. The van der Waals surface area contributed by atoms with Gasteiger partial charge >= 0.3 is 11.9 Å². The number of ketones is 3. The number of carbonyl (C=O) groups excluding carboxylic acids is 10. The number of halogens is 4. The zero-order chi connectivity index (χ0) is 89.5. The fourth-order valence-electron chi connectivity index (χ4n) is 20.7. The number of fused-ring (bicyclic) bond motifs is 5. The Balaban J connectivity index is 0.000000123. The van der Waals surface area contributed by atoms with E-state index in [9.17, 15) is 47.9 Å². The van der Waals surface area contributed by atoms with Crippen LogP contribution < -0.4 is 5.32 Å². The molecule has 5 amide bonds. The summed E-state index contributed by atoms with van der Waals surface area (Å²) in [7, 11) is 2.77. The molecule has 9 aromatic carbocycles. The Bertz CT molecular complexity index is 5130. The molecule has 5 saturated heterocycles. The highest BCUT2D eigenvalue weighted by atomic mass is 35.5. The average Bonchev–Trinajstić information content (AvgIpc) is 1.64. The standard InChI is InChI=1S/4C22H22ClNO3.C15H17NO3/c1-27-20(25)17-5-4-16-8-9-22(13-18(16)12-17)10-11-24(21(22)26)14-15-2-6-19(23)7-3-15;3*23-19-5-1-15(2-6-19)13-24-10-9-22(21(24)27)8-7-16-3-4-17(20(26)14-25)11-18(16)12-22;1-19-13(17)11-3-2-10-4-5-15(9-12(10)8-11)6-7-16-14(15)18/h2-7,12H,8-11,13-14H2,1H3;3*1-6,11,25H,7-10,12-14H2;2-3,8H,4-7,9H2,1H3,(H,16,18). The van der Waals surface area contributed by atoms with Crippen molar-refractivity contribution in [1.29, 1.82) is 0 Å². The maximum atomic E-state index is 13.2. The number of carbonyl (C=O) groups is 10. The van der Waals surface area contributed by atoms with Crippen LogP contribution in [0.1, 0.15) is 194 Å². The molecule has 19 rings (SSSR count). The molecule has 127 heavy (non-hydrogen) atoms. The normalized spacial score (nSPS) is 22.0. The summed E-state index contributed by atoms with van der Waals surface area (Å²) >= 11 is 23.8. The Morgan fingerprint density at radius 2 is 0.535 bits per heavy atom. The van der Waals surface area contributed by atoms with Crippen LogP contribution in [0.25, 0.3) is 0 Å². The summed E-state index contributed by atoms with van der Waals surface area (Å²) < 4.78 is 9.58. The number of ether oxygens (including phenoxy) is 2. The second kappa shape index (κ2) is 39.1. The van der Waals surface area contributed by atoms with Crippen molar-refractivity contribution >= 4 is 105 Å². The SMILES string of the molecule is COC(=O)c1ccc2c(c1)CC1(CC2)CCN(Cc2ccc(Cl)cc2)C1=O.COC(=O)c1ccc2c(c1)CC1(CCNC1=O)CC2.O=C(CO)c1ccc2c(c1)CC1(CC2)CCN(Cc2ccc(Cl)cc2)C1=O.O=C(CO)c1ccc2c(c1)CC1(CC2)CCN(Cc2ccc(Cl)cc2)C1=O.O=C(CO)c1ccc2c(c1)CC1(CC2)CCN(Cc2ccc(Cl)cc2)C1=O. The van der Waals surface area contributed by atoms with Crippen LogP contribution in [0.4, 0.5) is 0 Å². The summed E-state index contributed by atoms with van der Waals surface area (Å²) in [4.78, 5) is 132. The van der Waals surface area contributed by atoms with Crippen molar-refractivity contribution in [2.75, 3.05) is 66.8 Å². The molecule has 5 fully saturated rings. The number of nitrogens with zero attached hydrogens (tertiary/aromatic N) is 4. The minimum atomic E-state index is -0.488. The number of hydrogen-bond acceptors (Lipinski definition) is 15. The van der Waals surface area contributed by atoms with Gasteiger partial charge in [0.2, 0.25) is 29.5 Å². The molecule has 5 heterocycles. The molecule has 0 radical (unpaired) electrons. The van der Waals surface area contributed by atoms with Gasteiger partial charge in [0.25, 0.3) is 0 Å². The van der Waals surface area contributed by atoms with Crippen molar-refractivity contribution in [3.05, 3.63) is 314 Å². The van der Waals surface area contributed by atoms with Crippen LogP contribution in [-0.4, -0.2) is 161 Å². The summed E-state index contributed by atoms with van der Waals surface area (Å²) in [6, 6.07) is 58.8. The van der Waals surface area contributed by atoms with E-state index in [2.05, 4.69) is 5.32 Å². The molecule has 5 aliphatic carbocycles. The van der Waals surface area contributed by atoms with Crippen LogP contribution in [0.3, 0.4) is 0 Å². The molecule has 0 bridgehead atoms. The van der Waals surface area contributed by atoms with Gasteiger partial charge in [-0.25, -0.2) is 9.59 Å². The van der Waals surface area contributed by atoms with E-state index < -0.39 is 19.8 Å². The number of rotatable bonds is 16. The monoisotopic (exact) mass is 1790 g/mol. The lowest BCUT2D eigenvalue weighted by Gasteiger charge is -2.33. The van der Waals surface area contributed by atoms with E-state index in [1.54, 1.807) is 24.3 Å². The molecule has 0 saturated carbocycles. The largest absolute Gasteiger partial charge is 0.465 e. The highest BCUT2D eigenvalue weighted by molar-refractivity contribution is 6.31. The maximum absolute atomic E-state index is 13.2. The van der Waals surface area contributed by atoms with Gasteiger partial charge in [0.1, 0.15) is 19.8 Å². The molecule has 4 N–H and O–H groups in total. The third kappa shape index (κ3) is 20.0. The summed E-state index contributed by atoms with van der Waals surface area (Å²) in [5, 5.41) is 33.1. The van der Waals surface area contributed by atoms with E-state index >= 15 is 0 Å². The fourth-order valence-corrected chi connectivity index (χ4v) is 21.2. The number of methoxy groups -OCH3 is 2. The first-order valence-electron chi connectivity index (χ1n) is 43.8. The second-order valence-corrected chi connectivity index (χ2v) is 37.6. The molecule has 0 aromatic heterocycles.